The molecule has 4 heteroatoms. The van der Waals surface area contributed by atoms with Gasteiger partial charge in [-0.15, -0.1) is 0 Å². The lowest BCUT2D eigenvalue weighted by molar-refractivity contribution is -0.121. The fourth-order valence-corrected chi connectivity index (χ4v) is 4.11. The van der Waals surface area contributed by atoms with E-state index in [4.69, 9.17) is 5.26 Å². The summed E-state index contributed by atoms with van der Waals surface area (Å²) in [5.74, 6) is -0.112. The molecule has 1 aliphatic carbocycles. The maximum absolute atomic E-state index is 13.2. The van der Waals surface area contributed by atoms with Gasteiger partial charge in [-0.05, 0) is 37.0 Å². The van der Waals surface area contributed by atoms with Crippen LogP contribution < -0.4 is 0 Å². The summed E-state index contributed by atoms with van der Waals surface area (Å²) in [6.07, 6.45) is 4.74. The highest BCUT2D eigenvalue weighted by molar-refractivity contribution is 5.24. The Morgan fingerprint density at radius 1 is 1.29 bits per heavy atom. The van der Waals surface area contributed by atoms with Gasteiger partial charge in [-0.25, -0.2) is 4.39 Å². The minimum atomic E-state index is -0.622. The standard InChI is InChI=1S/C17H21FN2O/c18-14-6-4-13(5-7-14)16-15-3-1-2-8-17(15,21)9-11-20(16)12-10-19/h4-7,15-16,21H,1-3,8-9,11-12H2/t15-,16+,17-/m1/s1. The van der Waals surface area contributed by atoms with E-state index < -0.39 is 5.60 Å². The highest BCUT2D eigenvalue weighted by atomic mass is 19.1. The van der Waals surface area contributed by atoms with Gasteiger partial charge in [0.1, 0.15) is 5.82 Å². The predicted molar refractivity (Wildman–Crippen MR) is 77.9 cm³/mol. The molecular formula is C17H21FN2O. The van der Waals surface area contributed by atoms with E-state index >= 15 is 0 Å². The molecular weight excluding hydrogens is 267 g/mol. The van der Waals surface area contributed by atoms with Crippen LogP contribution >= 0.6 is 0 Å². The third kappa shape index (κ3) is 2.68. The topological polar surface area (TPSA) is 47.3 Å². The third-order valence-corrected chi connectivity index (χ3v) is 5.16. The lowest BCUT2D eigenvalue weighted by atomic mass is 9.66. The van der Waals surface area contributed by atoms with E-state index in [1.54, 1.807) is 12.1 Å². The molecule has 112 valence electrons. The highest BCUT2D eigenvalue weighted by Crippen LogP contribution is 2.49. The molecule has 0 bridgehead atoms. The van der Waals surface area contributed by atoms with Gasteiger partial charge in [0.2, 0.25) is 0 Å². The first-order chi connectivity index (χ1) is 10.1. The number of nitriles is 1. The number of piperidine rings is 1. The van der Waals surface area contributed by atoms with E-state index in [2.05, 4.69) is 11.0 Å². The minimum absolute atomic E-state index is 0.0179. The number of rotatable bonds is 2. The van der Waals surface area contributed by atoms with Crippen LogP contribution in [0.15, 0.2) is 24.3 Å². The van der Waals surface area contributed by atoms with E-state index in [1.165, 1.54) is 12.1 Å². The zero-order valence-corrected chi connectivity index (χ0v) is 12.1. The maximum Gasteiger partial charge on any atom is 0.123 e. The summed E-state index contributed by atoms with van der Waals surface area (Å²) in [4.78, 5) is 2.14. The number of halogens is 1. The molecule has 1 saturated carbocycles. The number of benzene rings is 1. The third-order valence-electron chi connectivity index (χ3n) is 5.16. The molecule has 21 heavy (non-hydrogen) atoms. The summed E-state index contributed by atoms with van der Waals surface area (Å²) < 4.78 is 13.2. The van der Waals surface area contributed by atoms with Crippen LogP contribution in [0.4, 0.5) is 4.39 Å². The number of nitrogens with zero attached hydrogens (tertiary/aromatic N) is 2. The quantitative estimate of drug-likeness (QED) is 0.851. The van der Waals surface area contributed by atoms with Gasteiger partial charge in [-0.2, -0.15) is 5.26 Å². The van der Waals surface area contributed by atoms with Crippen LogP contribution in [0.25, 0.3) is 0 Å². The van der Waals surface area contributed by atoms with Crippen molar-refractivity contribution >= 4 is 0 Å². The Morgan fingerprint density at radius 2 is 2.05 bits per heavy atom. The SMILES string of the molecule is N#CCN1CC[C@]2(O)CCCC[C@@H]2[C@@H]1c1ccc(F)cc1. The normalized spacial score (nSPS) is 33.2. The maximum atomic E-state index is 13.2. The van der Waals surface area contributed by atoms with Crippen molar-refractivity contribution in [2.45, 2.75) is 43.7 Å². The molecule has 3 rings (SSSR count). The average molecular weight is 288 g/mol. The molecule has 1 aliphatic heterocycles. The van der Waals surface area contributed by atoms with E-state index in [1.807, 2.05) is 0 Å². The van der Waals surface area contributed by atoms with Gasteiger partial charge in [0.05, 0.1) is 18.2 Å². The van der Waals surface area contributed by atoms with Gasteiger partial charge in [-0.1, -0.05) is 25.0 Å². The minimum Gasteiger partial charge on any atom is -0.389 e. The second-order valence-electron chi connectivity index (χ2n) is 6.33. The molecule has 0 amide bonds. The lowest BCUT2D eigenvalue weighted by Gasteiger charge is -2.52. The van der Waals surface area contributed by atoms with Crippen molar-refractivity contribution in [3.05, 3.63) is 35.6 Å². The second kappa shape index (κ2) is 5.75. The van der Waals surface area contributed by atoms with Crippen LogP contribution in [0.3, 0.4) is 0 Å². The molecule has 0 unspecified atom stereocenters. The Hall–Kier alpha value is -1.44. The summed E-state index contributed by atoms with van der Waals surface area (Å²) in [5.41, 5.74) is 0.389. The van der Waals surface area contributed by atoms with E-state index in [0.29, 0.717) is 6.54 Å². The Kier molecular flexibility index (Phi) is 3.97. The van der Waals surface area contributed by atoms with Crippen molar-refractivity contribution < 1.29 is 9.50 Å². The van der Waals surface area contributed by atoms with Crippen LogP contribution in [0, 0.1) is 23.1 Å². The van der Waals surface area contributed by atoms with Gasteiger partial charge < -0.3 is 5.11 Å². The van der Waals surface area contributed by atoms with Crippen LogP contribution in [0.5, 0.6) is 0 Å². The van der Waals surface area contributed by atoms with E-state index in [-0.39, 0.29) is 17.8 Å². The smallest absolute Gasteiger partial charge is 0.123 e. The van der Waals surface area contributed by atoms with E-state index in [9.17, 15) is 9.50 Å². The molecule has 1 heterocycles. The number of fused-ring (bicyclic) bond motifs is 1. The molecule has 1 N–H and O–H groups in total. The van der Waals surface area contributed by atoms with Gasteiger partial charge in [0.25, 0.3) is 0 Å². The van der Waals surface area contributed by atoms with E-state index in [0.717, 1.165) is 44.2 Å². The first-order valence-corrected chi connectivity index (χ1v) is 7.73. The van der Waals surface area contributed by atoms with Crippen LogP contribution in [0.2, 0.25) is 0 Å². The van der Waals surface area contributed by atoms with Crippen molar-refractivity contribution in [3.63, 3.8) is 0 Å². The fourth-order valence-electron chi connectivity index (χ4n) is 4.11. The van der Waals surface area contributed by atoms with Crippen molar-refractivity contribution in [2.24, 2.45) is 5.92 Å². The van der Waals surface area contributed by atoms with Crippen molar-refractivity contribution in [1.29, 1.82) is 5.26 Å². The molecule has 3 atom stereocenters. The molecule has 0 aromatic heterocycles. The average Bonchev–Trinajstić information content (AvgIpc) is 2.49. The first-order valence-electron chi connectivity index (χ1n) is 7.73. The number of likely N-dealkylation sites (tertiary alicyclic amines) is 1. The molecule has 3 nitrogen and oxygen atoms in total. The highest BCUT2D eigenvalue weighted by Gasteiger charge is 2.48. The zero-order chi connectivity index (χ0) is 14.9. The number of hydrogen-bond donors (Lipinski definition) is 1. The largest absolute Gasteiger partial charge is 0.389 e. The van der Waals surface area contributed by atoms with Gasteiger partial charge in [0.15, 0.2) is 0 Å². The first kappa shape index (κ1) is 14.5. The summed E-state index contributed by atoms with van der Waals surface area (Å²) in [7, 11) is 0. The van der Waals surface area contributed by atoms with Gasteiger partial charge in [0, 0.05) is 18.5 Å². The van der Waals surface area contributed by atoms with Gasteiger partial charge in [-0.3, -0.25) is 4.90 Å². The molecule has 1 saturated heterocycles. The second-order valence-corrected chi connectivity index (χ2v) is 6.33. The Labute approximate surface area is 125 Å². The predicted octanol–water partition coefficient (Wildman–Crippen LogP) is 3.02. The lowest BCUT2D eigenvalue weighted by Crippen LogP contribution is -2.54. The Bertz CT molecular complexity index is 539. The van der Waals surface area contributed by atoms with Crippen LogP contribution in [-0.4, -0.2) is 28.7 Å². The van der Waals surface area contributed by atoms with Crippen LogP contribution in [-0.2, 0) is 0 Å². The van der Waals surface area contributed by atoms with Crippen molar-refractivity contribution in [1.82, 2.24) is 4.90 Å². The fraction of sp³-hybridized carbons (Fsp3) is 0.588. The molecule has 2 aliphatic rings. The van der Waals surface area contributed by atoms with Gasteiger partial charge >= 0.3 is 0 Å². The Morgan fingerprint density at radius 3 is 2.76 bits per heavy atom. The molecule has 0 spiro atoms. The monoisotopic (exact) mass is 288 g/mol. The molecule has 1 aromatic carbocycles. The van der Waals surface area contributed by atoms with Crippen molar-refractivity contribution in [2.75, 3.05) is 13.1 Å². The number of aliphatic hydroxyl groups is 1. The number of hydrogen-bond acceptors (Lipinski definition) is 3. The Balaban J connectivity index is 1.96. The summed E-state index contributed by atoms with van der Waals surface area (Å²) in [5, 5.41) is 20.1. The summed E-state index contributed by atoms with van der Waals surface area (Å²) >= 11 is 0. The molecule has 0 radical (unpaired) electrons. The molecule has 2 fully saturated rings. The summed E-state index contributed by atoms with van der Waals surface area (Å²) in [6, 6.07) is 8.77. The van der Waals surface area contributed by atoms with Crippen LogP contribution in [0.1, 0.15) is 43.7 Å². The van der Waals surface area contributed by atoms with Crippen molar-refractivity contribution in [3.8, 4) is 6.07 Å². The summed E-state index contributed by atoms with van der Waals surface area (Å²) in [6.45, 7) is 1.08. The molecule has 1 aromatic rings. The zero-order valence-electron chi connectivity index (χ0n) is 12.1.